The Balaban J connectivity index is 1.26. The average molecular weight is 516 g/mol. The summed E-state index contributed by atoms with van der Waals surface area (Å²) in [5, 5.41) is 7.49. The average Bonchev–Trinajstić information content (AvgIpc) is 3.66. The maximum Gasteiger partial charge on any atom is 0.136 e. The molecule has 0 spiro atoms. The van der Waals surface area contributed by atoms with Crippen molar-refractivity contribution in [3.63, 3.8) is 0 Å². The molecule has 3 aromatic heterocycles. The Morgan fingerprint density at radius 1 is 0.462 bits per heavy atom. The SMILES string of the molecule is c1ccc2c(c1)oc1cc(-c3ccc4c(c3)sc3c(-n5c6ccccc6c6ccccc65)cccc34)ccc12. The van der Waals surface area contributed by atoms with Gasteiger partial charge in [0, 0.05) is 37.0 Å². The van der Waals surface area contributed by atoms with E-state index in [4.69, 9.17) is 4.42 Å². The fourth-order valence-corrected chi connectivity index (χ4v) is 7.47. The van der Waals surface area contributed by atoms with Crippen molar-refractivity contribution in [2.24, 2.45) is 0 Å². The molecule has 0 aliphatic heterocycles. The number of rotatable bonds is 2. The van der Waals surface area contributed by atoms with Crippen LogP contribution in [-0.4, -0.2) is 4.57 Å². The van der Waals surface area contributed by atoms with Gasteiger partial charge < -0.3 is 8.98 Å². The lowest BCUT2D eigenvalue weighted by molar-refractivity contribution is 0.669. The monoisotopic (exact) mass is 515 g/mol. The Labute approximate surface area is 227 Å². The highest BCUT2D eigenvalue weighted by atomic mass is 32.1. The van der Waals surface area contributed by atoms with Crippen molar-refractivity contribution in [3.8, 4) is 16.8 Å². The Kier molecular flexibility index (Phi) is 4.24. The van der Waals surface area contributed by atoms with Crippen LogP contribution in [0.15, 0.2) is 132 Å². The lowest BCUT2D eigenvalue weighted by Crippen LogP contribution is -1.93. The van der Waals surface area contributed by atoms with Crippen LogP contribution < -0.4 is 0 Å². The molecule has 0 aliphatic rings. The molecule has 0 radical (unpaired) electrons. The molecular weight excluding hydrogens is 494 g/mol. The fourth-order valence-electron chi connectivity index (χ4n) is 6.23. The smallest absolute Gasteiger partial charge is 0.136 e. The van der Waals surface area contributed by atoms with E-state index >= 15 is 0 Å². The number of hydrogen-bond donors (Lipinski definition) is 0. The molecule has 9 rings (SSSR count). The summed E-state index contributed by atoms with van der Waals surface area (Å²) in [4.78, 5) is 0. The van der Waals surface area contributed by atoms with E-state index in [1.807, 2.05) is 23.5 Å². The van der Waals surface area contributed by atoms with Crippen molar-refractivity contribution in [2.45, 2.75) is 0 Å². The maximum absolute atomic E-state index is 6.18. The highest BCUT2D eigenvalue weighted by molar-refractivity contribution is 7.26. The summed E-state index contributed by atoms with van der Waals surface area (Å²) >= 11 is 1.88. The first-order valence-corrected chi connectivity index (χ1v) is 14.0. The van der Waals surface area contributed by atoms with Gasteiger partial charge in [0.2, 0.25) is 0 Å². The van der Waals surface area contributed by atoms with Crippen LogP contribution in [0.4, 0.5) is 0 Å². The first-order chi connectivity index (χ1) is 19.3. The second-order valence-corrected chi connectivity index (χ2v) is 11.2. The minimum atomic E-state index is 0.929. The van der Waals surface area contributed by atoms with Crippen LogP contribution >= 0.6 is 11.3 Å². The van der Waals surface area contributed by atoms with E-state index in [9.17, 15) is 0 Å². The molecule has 0 N–H and O–H groups in total. The van der Waals surface area contributed by atoms with E-state index in [2.05, 4.69) is 120 Å². The highest BCUT2D eigenvalue weighted by Crippen LogP contribution is 2.42. The van der Waals surface area contributed by atoms with Gasteiger partial charge in [-0.1, -0.05) is 84.9 Å². The summed E-state index contributed by atoms with van der Waals surface area (Å²) in [6, 6.07) is 45.8. The molecule has 3 heteroatoms. The number of fused-ring (bicyclic) bond motifs is 9. The zero-order valence-electron chi connectivity index (χ0n) is 20.9. The number of aromatic nitrogens is 1. The molecule has 2 nitrogen and oxygen atoms in total. The second kappa shape index (κ2) is 7.83. The topological polar surface area (TPSA) is 18.1 Å². The minimum absolute atomic E-state index is 0.929. The van der Waals surface area contributed by atoms with Gasteiger partial charge in [0.1, 0.15) is 11.2 Å². The number of nitrogens with zero attached hydrogens (tertiary/aromatic N) is 1. The molecule has 0 bridgehead atoms. The largest absolute Gasteiger partial charge is 0.456 e. The van der Waals surface area contributed by atoms with Crippen LogP contribution in [0.2, 0.25) is 0 Å². The Morgan fingerprint density at radius 2 is 1.08 bits per heavy atom. The van der Waals surface area contributed by atoms with Crippen molar-refractivity contribution < 1.29 is 4.42 Å². The molecular formula is C36H21NOS. The third-order valence-electron chi connectivity index (χ3n) is 8.01. The van der Waals surface area contributed by atoms with Gasteiger partial charge in [-0.25, -0.2) is 0 Å². The molecule has 9 aromatic rings. The Bertz CT molecular complexity index is 2350. The number of thiophene rings is 1. The molecule has 0 aliphatic carbocycles. The molecule has 182 valence electrons. The minimum Gasteiger partial charge on any atom is -0.456 e. The van der Waals surface area contributed by atoms with E-state index in [0.29, 0.717) is 0 Å². The van der Waals surface area contributed by atoms with Crippen LogP contribution in [0.25, 0.3) is 80.7 Å². The van der Waals surface area contributed by atoms with E-state index in [-0.39, 0.29) is 0 Å². The second-order valence-electron chi connectivity index (χ2n) is 10.1. The van der Waals surface area contributed by atoms with Gasteiger partial charge in [-0.15, -0.1) is 11.3 Å². The molecule has 0 fully saturated rings. The van der Waals surface area contributed by atoms with Gasteiger partial charge in [0.25, 0.3) is 0 Å². The molecule has 0 amide bonds. The quantitative estimate of drug-likeness (QED) is 0.224. The standard InChI is InChI=1S/C36H21NOS/c1-4-12-30-24(8-1)25-9-2-5-13-31(25)37(30)32-14-7-11-29-28-19-17-23(21-35(28)39-36(29)32)22-16-18-27-26-10-3-6-15-33(26)38-34(27)20-22/h1-21H. The summed E-state index contributed by atoms with van der Waals surface area (Å²) < 4.78 is 11.2. The third kappa shape index (κ3) is 2.96. The molecule has 6 aromatic carbocycles. The molecule has 0 atom stereocenters. The Hall–Kier alpha value is -4.86. The normalized spacial score (nSPS) is 12.1. The summed E-state index contributed by atoms with van der Waals surface area (Å²) in [7, 11) is 0. The predicted octanol–water partition coefficient (Wildman–Crippen LogP) is 10.7. The van der Waals surface area contributed by atoms with Crippen molar-refractivity contribution in [2.75, 3.05) is 0 Å². The van der Waals surface area contributed by atoms with Gasteiger partial charge >= 0.3 is 0 Å². The van der Waals surface area contributed by atoms with Gasteiger partial charge in [-0.05, 0) is 53.6 Å². The van der Waals surface area contributed by atoms with E-state index < -0.39 is 0 Å². The first kappa shape index (κ1) is 21.1. The summed E-state index contributed by atoms with van der Waals surface area (Å²) in [6.45, 7) is 0. The van der Waals surface area contributed by atoms with Gasteiger partial charge in [-0.2, -0.15) is 0 Å². The van der Waals surface area contributed by atoms with Gasteiger partial charge in [0.05, 0.1) is 21.4 Å². The van der Waals surface area contributed by atoms with E-state index in [0.717, 1.165) is 21.9 Å². The lowest BCUT2D eigenvalue weighted by Gasteiger charge is -2.09. The van der Waals surface area contributed by atoms with Crippen LogP contribution in [0.3, 0.4) is 0 Å². The molecule has 0 saturated heterocycles. The first-order valence-electron chi connectivity index (χ1n) is 13.2. The highest BCUT2D eigenvalue weighted by Gasteiger charge is 2.16. The Morgan fingerprint density at radius 3 is 1.87 bits per heavy atom. The van der Waals surface area contributed by atoms with Crippen molar-refractivity contribution in [3.05, 3.63) is 127 Å². The van der Waals surface area contributed by atoms with Crippen LogP contribution in [-0.2, 0) is 0 Å². The predicted molar refractivity (Wildman–Crippen MR) is 166 cm³/mol. The van der Waals surface area contributed by atoms with E-state index in [1.54, 1.807) is 0 Å². The summed E-state index contributed by atoms with van der Waals surface area (Å²) in [5.41, 5.74) is 7.95. The zero-order chi connectivity index (χ0) is 25.5. The summed E-state index contributed by atoms with van der Waals surface area (Å²) in [6.07, 6.45) is 0. The van der Waals surface area contributed by atoms with Gasteiger partial charge in [-0.3, -0.25) is 0 Å². The molecule has 0 saturated carbocycles. The molecule has 39 heavy (non-hydrogen) atoms. The number of hydrogen-bond acceptors (Lipinski definition) is 2. The van der Waals surface area contributed by atoms with Crippen molar-refractivity contribution in [1.82, 2.24) is 4.57 Å². The number of benzene rings is 6. The van der Waals surface area contributed by atoms with Crippen LogP contribution in [0.1, 0.15) is 0 Å². The summed E-state index contributed by atoms with van der Waals surface area (Å²) in [5.74, 6) is 0. The lowest BCUT2D eigenvalue weighted by atomic mass is 10.0. The van der Waals surface area contributed by atoms with Crippen LogP contribution in [0, 0.1) is 0 Å². The molecule has 3 heterocycles. The maximum atomic E-state index is 6.18. The van der Waals surface area contributed by atoms with Crippen molar-refractivity contribution >= 4 is 75.3 Å². The van der Waals surface area contributed by atoms with Crippen molar-refractivity contribution in [1.29, 1.82) is 0 Å². The van der Waals surface area contributed by atoms with Crippen LogP contribution in [0.5, 0.6) is 0 Å². The van der Waals surface area contributed by atoms with Gasteiger partial charge in [0.15, 0.2) is 0 Å². The number of furan rings is 1. The number of para-hydroxylation sites is 3. The fraction of sp³-hybridized carbons (Fsp3) is 0. The zero-order valence-corrected chi connectivity index (χ0v) is 21.7. The molecule has 0 unspecified atom stereocenters. The van der Waals surface area contributed by atoms with E-state index in [1.165, 1.54) is 58.8 Å². The third-order valence-corrected chi connectivity index (χ3v) is 9.20.